The summed E-state index contributed by atoms with van der Waals surface area (Å²) in [4.78, 5) is 5.01. The molecule has 0 saturated carbocycles. The third-order valence-electron chi connectivity index (χ3n) is 5.86. The molecule has 3 aromatic rings. The van der Waals surface area contributed by atoms with Gasteiger partial charge in [-0.1, -0.05) is 23.7 Å². The number of ether oxygens (including phenoxy) is 2. The van der Waals surface area contributed by atoms with Crippen molar-refractivity contribution in [1.82, 2.24) is 8.96 Å². The Bertz CT molecular complexity index is 1250. The number of rotatable bonds is 5. The minimum Gasteiger partial charge on any atom is -0.496 e. The molecule has 8 heteroatoms. The molecule has 0 atom stereocenters. The Morgan fingerprint density at radius 3 is 2.24 bits per heavy atom. The summed E-state index contributed by atoms with van der Waals surface area (Å²) < 4.78 is 40.4. The third-order valence-corrected chi connectivity index (χ3v) is 7.77. The van der Waals surface area contributed by atoms with Gasteiger partial charge in [0, 0.05) is 17.1 Å². The molecule has 1 fully saturated rings. The zero-order chi connectivity index (χ0) is 24.0. The highest BCUT2D eigenvalue weighted by molar-refractivity contribution is 7.90. The quantitative estimate of drug-likeness (QED) is 0.447. The van der Waals surface area contributed by atoms with Crippen LogP contribution in [0.2, 0.25) is 5.02 Å². The molecule has 1 aliphatic heterocycles. The standard InChI is InChI=1S/C25H29ClN2O4S/c1-24(2)14-17(15-25(3,4)32-24)21-16-28(33(29,30)19-12-10-18(26)11-13-19)23(27-21)20-8-6-7-9-22(20)31-5/h6-13,16-17H,14-15H2,1-5H3. The highest BCUT2D eigenvalue weighted by atomic mass is 35.5. The van der Waals surface area contributed by atoms with E-state index < -0.39 is 10.0 Å². The number of hydrogen-bond donors (Lipinski definition) is 0. The van der Waals surface area contributed by atoms with Crippen molar-refractivity contribution in [1.29, 1.82) is 0 Å². The number of aromatic nitrogens is 2. The average molecular weight is 489 g/mol. The van der Waals surface area contributed by atoms with Crippen LogP contribution in [-0.2, 0) is 14.8 Å². The van der Waals surface area contributed by atoms with Crippen molar-refractivity contribution in [2.75, 3.05) is 7.11 Å². The van der Waals surface area contributed by atoms with Gasteiger partial charge in [-0.15, -0.1) is 0 Å². The Labute approximate surface area is 200 Å². The van der Waals surface area contributed by atoms with Crippen molar-refractivity contribution < 1.29 is 17.9 Å². The molecule has 0 amide bonds. The van der Waals surface area contributed by atoms with E-state index in [0.717, 1.165) is 18.5 Å². The predicted octanol–water partition coefficient (Wildman–Crippen LogP) is 5.90. The fraction of sp³-hybridized carbons (Fsp3) is 0.400. The first-order chi connectivity index (χ1) is 15.4. The summed E-state index contributed by atoms with van der Waals surface area (Å²) in [5.74, 6) is 0.910. The van der Waals surface area contributed by atoms with Gasteiger partial charge in [-0.25, -0.2) is 17.4 Å². The van der Waals surface area contributed by atoms with Crippen LogP contribution >= 0.6 is 11.6 Å². The van der Waals surface area contributed by atoms with Crippen molar-refractivity contribution in [2.24, 2.45) is 0 Å². The van der Waals surface area contributed by atoms with Crippen molar-refractivity contribution in [3.8, 4) is 17.1 Å². The van der Waals surface area contributed by atoms with E-state index in [4.69, 9.17) is 26.1 Å². The molecule has 0 radical (unpaired) electrons. The molecule has 2 aromatic carbocycles. The van der Waals surface area contributed by atoms with E-state index in [9.17, 15) is 8.42 Å². The Balaban J connectivity index is 1.90. The number of halogens is 1. The lowest BCUT2D eigenvalue weighted by Crippen LogP contribution is -2.44. The van der Waals surface area contributed by atoms with Crippen LogP contribution in [0.1, 0.15) is 52.1 Å². The molecule has 33 heavy (non-hydrogen) atoms. The number of methoxy groups -OCH3 is 1. The lowest BCUT2D eigenvalue weighted by molar-refractivity contribution is -0.162. The molecule has 1 saturated heterocycles. The molecule has 6 nitrogen and oxygen atoms in total. The zero-order valence-corrected chi connectivity index (χ0v) is 21.1. The summed E-state index contributed by atoms with van der Waals surface area (Å²) in [5, 5.41) is 0.469. The van der Waals surface area contributed by atoms with Crippen LogP contribution in [0.15, 0.2) is 59.6 Å². The Hall–Kier alpha value is -2.35. The van der Waals surface area contributed by atoms with Crippen LogP contribution < -0.4 is 4.74 Å². The normalized spacial score (nSPS) is 18.2. The molecule has 0 spiro atoms. The minimum atomic E-state index is -3.93. The van der Waals surface area contributed by atoms with Crippen LogP contribution in [0, 0.1) is 0 Å². The molecule has 0 aliphatic carbocycles. The first-order valence-electron chi connectivity index (χ1n) is 10.9. The summed E-state index contributed by atoms with van der Waals surface area (Å²) in [5.41, 5.74) is 0.623. The molecule has 176 valence electrons. The molecule has 2 heterocycles. The highest BCUT2D eigenvalue weighted by Crippen LogP contribution is 2.44. The largest absolute Gasteiger partial charge is 0.496 e. The molecular formula is C25H29ClN2O4S. The first-order valence-corrected chi connectivity index (χ1v) is 12.7. The van der Waals surface area contributed by atoms with Crippen LogP contribution in [0.5, 0.6) is 5.75 Å². The first kappa shape index (κ1) is 23.8. The van der Waals surface area contributed by atoms with Gasteiger partial charge in [0.1, 0.15) is 5.75 Å². The van der Waals surface area contributed by atoms with E-state index in [2.05, 4.69) is 27.7 Å². The lowest BCUT2D eigenvalue weighted by atomic mass is 9.79. The molecule has 0 bridgehead atoms. The van der Waals surface area contributed by atoms with E-state index in [-0.39, 0.29) is 22.0 Å². The number of nitrogens with zero attached hydrogens (tertiary/aromatic N) is 2. The lowest BCUT2D eigenvalue weighted by Gasteiger charge is -2.45. The average Bonchev–Trinajstić information content (AvgIpc) is 3.18. The van der Waals surface area contributed by atoms with Crippen LogP contribution in [0.4, 0.5) is 0 Å². The maximum Gasteiger partial charge on any atom is 0.269 e. The SMILES string of the molecule is COc1ccccc1-c1nc(C2CC(C)(C)OC(C)(C)C2)cn1S(=O)(=O)c1ccc(Cl)cc1. The molecule has 4 rings (SSSR count). The van der Waals surface area contributed by atoms with E-state index in [1.54, 1.807) is 31.5 Å². The van der Waals surface area contributed by atoms with Gasteiger partial charge in [0.15, 0.2) is 5.82 Å². The predicted molar refractivity (Wildman–Crippen MR) is 129 cm³/mol. The maximum atomic E-state index is 13.7. The number of hydrogen-bond acceptors (Lipinski definition) is 5. The second-order valence-electron chi connectivity index (χ2n) is 9.67. The monoisotopic (exact) mass is 488 g/mol. The van der Waals surface area contributed by atoms with E-state index >= 15 is 0 Å². The highest BCUT2D eigenvalue weighted by Gasteiger charge is 2.41. The van der Waals surface area contributed by atoms with Crippen LogP contribution in [0.3, 0.4) is 0 Å². The third kappa shape index (κ3) is 4.81. The molecule has 1 aromatic heterocycles. The fourth-order valence-electron chi connectivity index (χ4n) is 4.79. The van der Waals surface area contributed by atoms with E-state index in [0.29, 0.717) is 22.2 Å². The molecule has 0 unspecified atom stereocenters. The number of benzene rings is 2. The van der Waals surface area contributed by atoms with Crippen molar-refractivity contribution in [2.45, 2.75) is 62.6 Å². The van der Waals surface area contributed by atoms with Gasteiger partial charge >= 0.3 is 0 Å². The number of imidazole rings is 1. The van der Waals surface area contributed by atoms with Gasteiger partial charge in [0.05, 0.1) is 34.5 Å². The van der Waals surface area contributed by atoms with Crippen LogP contribution in [-0.4, -0.2) is 35.7 Å². The second-order valence-corrected chi connectivity index (χ2v) is 11.9. The molecule has 1 aliphatic rings. The Kier molecular flexibility index (Phi) is 6.10. The smallest absolute Gasteiger partial charge is 0.269 e. The van der Waals surface area contributed by atoms with Crippen molar-refractivity contribution >= 4 is 21.6 Å². The van der Waals surface area contributed by atoms with Gasteiger partial charge in [-0.3, -0.25) is 0 Å². The fourth-order valence-corrected chi connectivity index (χ4v) is 6.24. The summed E-state index contributed by atoms with van der Waals surface area (Å²) in [6.45, 7) is 8.24. The van der Waals surface area contributed by atoms with Gasteiger partial charge < -0.3 is 9.47 Å². The summed E-state index contributed by atoms with van der Waals surface area (Å²) >= 11 is 5.99. The maximum absolute atomic E-state index is 13.7. The topological polar surface area (TPSA) is 70.4 Å². The van der Waals surface area contributed by atoms with Crippen molar-refractivity contribution in [3.05, 3.63) is 65.4 Å². The van der Waals surface area contributed by atoms with Gasteiger partial charge in [-0.2, -0.15) is 0 Å². The van der Waals surface area contributed by atoms with Crippen molar-refractivity contribution in [3.63, 3.8) is 0 Å². The zero-order valence-electron chi connectivity index (χ0n) is 19.5. The van der Waals surface area contributed by atoms with Gasteiger partial charge in [0.2, 0.25) is 0 Å². The van der Waals surface area contributed by atoms with Gasteiger partial charge in [0.25, 0.3) is 10.0 Å². The summed E-state index contributed by atoms with van der Waals surface area (Å²) in [7, 11) is -2.37. The molecular weight excluding hydrogens is 460 g/mol. The Morgan fingerprint density at radius 1 is 1.03 bits per heavy atom. The number of para-hydroxylation sites is 1. The molecule has 0 N–H and O–H groups in total. The second kappa shape index (κ2) is 8.46. The van der Waals surface area contributed by atoms with E-state index in [1.165, 1.54) is 16.1 Å². The van der Waals surface area contributed by atoms with E-state index in [1.807, 2.05) is 18.2 Å². The van der Waals surface area contributed by atoms with Gasteiger partial charge in [-0.05, 0) is 76.9 Å². The Morgan fingerprint density at radius 2 is 1.64 bits per heavy atom. The minimum absolute atomic E-state index is 0.0406. The summed E-state index contributed by atoms with van der Waals surface area (Å²) in [6, 6.07) is 13.4. The van der Waals surface area contributed by atoms with Crippen LogP contribution in [0.25, 0.3) is 11.4 Å². The summed E-state index contributed by atoms with van der Waals surface area (Å²) in [6.07, 6.45) is 3.12.